The van der Waals surface area contributed by atoms with E-state index < -0.39 is 0 Å². The molecule has 110 valence electrons. The van der Waals surface area contributed by atoms with Gasteiger partial charge in [-0.05, 0) is 49.1 Å². The van der Waals surface area contributed by atoms with E-state index in [-0.39, 0.29) is 11.7 Å². The van der Waals surface area contributed by atoms with Crippen LogP contribution >= 0.6 is 23.1 Å². The number of thioether (sulfide) groups is 1. The second-order valence-corrected chi connectivity index (χ2v) is 8.06. The lowest BCUT2D eigenvalue weighted by atomic mass is 10.2. The highest BCUT2D eigenvalue weighted by Crippen LogP contribution is 2.47. The number of hydrogen-bond acceptors (Lipinski definition) is 4. The van der Waals surface area contributed by atoms with Crippen molar-refractivity contribution in [1.82, 2.24) is 10.2 Å². The lowest BCUT2D eigenvalue weighted by Crippen LogP contribution is -2.39. The normalized spacial score (nSPS) is 25.4. The van der Waals surface area contributed by atoms with Crippen molar-refractivity contribution < 1.29 is 4.79 Å². The Hall–Kier alpha value is -0.520. The molecular formula is C15H22N2OS2. The van der Waals surface area contributed by atoms with E-state index >= 15 is 0 Å². The molecule has 1 spiro atoms. The third-order valence-corrected chi connectivity index (χ3v) is 6.11. The number of hydrogen-bond donors (Lipinski definition) is 1. The Morgan fingerprint density at radius 2 is 2.40 bits per heavy atom. The molecule has 2 heterocycles. The van der Waals surface area contributed by atoms with Crippen LogP contribution in [0.15, 0.2) is 17.5 Å². The molecule has 1 N–H and O–H groups in total. The molecule has 1 aromatic rings. The van der Waals surface area contributed by atoms with Gasteiger partial charge < -0.3 is 4.90 Å². The standard InChI is InChI=1S/C15H22N2OS2/c1-3-19-10-6-11(2)17-13(12-5-4-9-20-12)16-15(7-8-15)14(17)18/h4-5,9,11,13,16H,3,6-8,10H2,1-2H3. The van der Waals surface area contributed by atoms with Crippen molar-refractivity contribution in [2.45, 2.75) is 50.9 Å². The number of amides is 1. The molecular weight excluding hydrogens is 288 g/mol. The Bertz CT molecular complexity index is 470. The topological polar surface area (TPSA) is 32.3 Å². The van der Waals surface area contributed by atoms with Crippen LogP contribution in [0.2, 0.25) is 0 Å². The molecule has 0 bridgehead atoms. The summed E-state index contributed by atoms with van der Waals surface area (Å²) in [4.78, 5) is 16.1. The van der Waals surface area contributed by atoms with Crippen LogP contribution in [-0.2, 0) is 4.79 Å². The second kappa shape index (κ2) is 5.70. The summed E-state index contributed by atoms with van der Waals surface area (Å²) in [7, 11) is 0. The lowest BCUT2D eigenvalue weighted by Gasteiger charge is -2.29. The van der Waals surface area contributed by atoms with Gasteiger partial charge in [0.2, 0.25) is 5.91 Å². The van der Waals surface area contributed by atoms with Gasteiger partial charge in [-0.1, -0.05) is 13.0 Å². The molecule has 5 heteroatoms. The average Bonchev–Trinajstić information content (AvgIpc) is 2.91. The highest BCUT2D eigenvalue weighted by molar-refractivity contribution is 7.99. The minimum absolute atomic E-state index is 0.0895. The molecule has 1 aromatic heterocycles. The molecule has 20 heavy (non-hydrogen) atoms. The summed E-state index contributed by atoms with van der Waals surface area (Å²) in [6.45, 7) is 4.38. The number of nitrogens with one attached hydrogen (secondary N) is 1. The number of carbonyl (C=O) groups excluding carboxylic acids is 1. The maximum absolute atomic E-state index is 12.7. The Kier molecular flexibility index (Phi) is 4.11. The van der Waals surface area contributed by atoms with Gasteiger partial charge in [-0.3, -0.25) is 10.1 Å². The first-order chi connectivity index (χ1) is 9.68. The third-order valence-electron chi connectivity index (χ3n) is 4.26. The Morgan fingerprint density at radius 1 is 1.60 bits per heavy atom. The summed E-state index contributed by atoms with van der Waals surface area (Å²) in [6, 6.07) is 4.51. The monoisotopic (exact) mass is 310 g/mol. The zero-order valence-corrected chi connectivity index (χ0v) is 13.7. The van der Waals surface area contributed by atoms with E-state index in [1.165, 1.54) is 4.88 Å². The fourth-order valence-corrected chi connectivity index (χ4v) is 4.46. The van der Waals surface area contributed by atoms with Crippen molar-refractivity contribution in [3.8, 4) is 0 Å². The van der Waals surface area contributed by atoms with Crippen LogP contribution < -0.4 is 5.32 Å². The first kappa shape index (κ1) is 14.4. The number of thiophene rings is 1. The van der Waals surface area contributed by atoms with Crippen LogP contribution in [0, 0.1) is 0 Å². The van der Waals surface area contributed by atoms with E-state index in [1.54, 1.807) is 11.3 Å². The van der Waals surface area contributed by atoms with Gasteiger partial charge in [0.05, 0.1) is 0 Å². The molecule has 1 aliphatic carbocycles. The fourth-order valence-electron chi connectivity index (χ4n) is 2.89. The zero-order chi connectivity index (χ0) is 14.2. The van der Waals surface area contributed by atoms with Crippen molar-refractivity contribution in [2.24, 2.45) is 0 Å². The van der Waals surface area contributed by atoms with E-state index in [0.717, 1.165) is 30.8 Å². The van der Waals surface area contributed by atoms with Crippen molar-refractivity contribution in [1.29, 1.82) is 0 Å². The van der Waals surface area contributed by atoms with Crippen LogP contribution in [-0.4, -0.2) is 33.9 Å². The van der Waals surface area contributed by atoms with Crippen molar-refractivity contribution >= 4 is 29.0 Å². The zero-order valence-electron chi connectivity index (χ0n) is 12.1. The Labute approximate surface area is 129 Å². The summed E-state index contributed by atoms with van der Waals surface area (Å²) in [5.74, 6) is 2.60. The Morgan fingerprint density at radius 3 is 3.00 bits per heavy atom. The van der Waals surface area contributed by atoms with Gasteiger partial charge in [0.1, 0.15) is 11.7 Å². The fraction of sp³-hybridized carbons (Fsp3) is 0.667. The molecule has 0 radical (unpaired) electrons. The molecule has 3 nitrogen and oxygen atoms in total. The van der Waals surface area contributed by atoms with Gasteiger partial charge in [-0.2, -0.15) is 11.8 Å². The van der Waals surface area contributed by atoms with Crippen LogP contribution in [0.25, 0.3) is 0 Å². The van der Waals surface area contributed by atoms with E-state index in [4.69, 9.17) is 0 Å². The smallest absolute Gasteiger partial charge is 0.244 e. The molecule has 3 rings (SSSR count). The molecule has 1 aliphatic heterocycles. The molecule has 2 unspecified atom stereocenters. The van der Waals surface area contributed by atoms with Crippen LogP contribution in [0.3, 0.4) is 0 Å². The van der Waals surface area contributed by atoms with E-state index in [0.29, 0.717) is 11.9 Å². The highest BCUT2D eigenvalue weighted by Gasteiger charge is 2.60. The van der Waals surface area contributed by atoms with E-state index in [9.17, 15) is 4.79 Å². The van der Waals surface area contributed by atoms with Gasteiger partial charge in [-0.25, -0.2) is 0 Å². The molecule has 1 saturated heterocycles. The number of carbonyl (C=O) groups is 1. The van der Waals surface area contributed by atoms with Gasteiger partial charge in [0.25, 0.3) is 0 Å². The quantitative estimate of drug-likeness (QED) is 0.819. The van der Waals surface area contributed by atoms with Gasteiger partial charge in [-0.15, -0.1) is 11.3 Å². The van der Waals surface area contributed by atoms with E-state index in [1.807, 2.05) is 11.8 Å². The largest absolute Gasteiger partial charge is 0.318 e. The summed E-state index contributed by atoms with van der Waals surface area (Å²) < 4.78 is 0. The maximum atomic E-state index is 12.7. The summed E-state index contributed by atoms with van der Waals surface area (Å²) in [6.07, 6.45) is 3.16. The predicted octanol–water partition coefficient (Wildman–Crippen LogP) is 3.24. The predicted molar refractivity (Wildman–Crippen MR) is 86.1 cm³/mol. The van der Waals surface area contributed by atoms with Crippen LogP contribution in [0.5, 0.6) is 0 Å². The second-order valence-electron chi connectivity index (χ2n) is 5.69. The number of nitrogens with zero attached hydrogens (tertiary/aromatic N) is 1. The average molecular weight is 310 g/mol. The maximum Gasteiger partial charge on any atom is 0.244 e. The molecule has 1 saturated carbocycles. The van der Waals surface area contributed by atoms with Crippen molar-refractivity contribution in [3.63, 3.8) is 0 Å². The number of rotatable bonds is 6. The minimum Gasteiger partial charge on any atom is -0.318 e. The molecule has 0 aromatic carbocycles. The summed E-state index contributed by atoms with van der Waals surface area (Å²) in [5.41, 5.74) is -0.221. The molecule has 1 amide bonds. The molecule has 2 atom stereocenters. The Balaban J connectivity index is 1.76. The van der Waals surface area contributed by atoms with Gasteiger partial charge in [0, 0.05) is 10.9 Å². The van der Waals surface area contributed by atoms with E-state index in [2.05, 4.69) is 41.6 Å². The summed E-state index contributed by atoms with van der Waals surface area (Å²) in [5, 5.41) is 5.69. The lowest BCUT2D eigenvalue weighted by molar-refractivity contribution is -0.132. The molecule has 2 fully saturated rings. The summed E-state index contributed by atoms with van der Waals surface area (Å²) >= 11 is 3.69. The minimum atomic E-state index is -0.221. The highest BCUT2D eigenvalue weighted by atomic mass is 32.2. The van der Waals surface area contributed by atoms with Crippen LogP contribution in [0.1, 0.15) is 44.2 Å². The van der Waals surface area contributed by atoms with Gasteiger partial charge in [0.15, 0.2) is 0 Å². The SMILES string of the molecule is CCSCCC(C)N1C(=O)C2(CC2)NC1c1cccs1. The van der Waals surface area contributed by atoms with Crippen LogP contribution in [0.4, 0.5) is 0 Å². The van der Waals surface area contributed by atoms with Gasteiger partial charge >= 0.3 is 0 Å². The third kappa shape index (κ3) is 2.51. The first-order valence-electron chi connectivity index (χ1n) is 7.39. The van der Waals surface area contributed by atoms with Crippen molar-refractivity contribution in [2.75, 3.05) is 11.5 Å². The molecule has 2 aliphatic rings. The van der Waals surface area contributed by atoms with Crippen molar-refractivity contribution in [3.05, 3.63) is 22.4 Å². The first-order valence-corrected chi connectivity index (χ1v) is 9.43.